The Kier molecular flexibility index (Phi) is 4.88. The molecule has 0 atom stereocenters. The Balaban J connectivity index is 2.14. The fourth-order valence-electron chi connectivity index (χ4n) is 2.96. The van der Waals surface area contributed by atoms with Crippen molar-refractivity contribution in [2.24, 2.45) is 5.10 Å². The molecule has 0 unspecified atom stereocenters. The van der Waals surface area contributed by atoms with Crippen LogP contribution in [-0.4, -0.2) is 5.96 Å². The third kappa shape index (κ3) is 3.35. The van der Waals surface area contributed by atoms with Crippen LogP contribution in [0.15, 0.2) is 47.6 Å². The van der Waals surface area contributed by atoms with E-state index in [-0.39, 0.29) is 0 Å². The molecule has 3 N–H and O–H groups in total. The van der Waals surface area contributed by atoms with Crippen molar-refractivity contribution in [1.82, 2.24) is 16.5 Å². The topological polar surface area (TPSA) is 52.3 Å². The third-order valence-electron chi connectivity index (χ3n) is 3.94. The van der Waals surface area contributed by atoms with E-state index < -0.39 is 0 Å². The quantitative estimate of drug-likeness (QED) is 0.743. The molecular formula is C18H24N5+. The van der Waals surface area contributed by atoms with Gasteiger partial charge in [-0.1, -0.05) is 49.7 Å². The van der Waals surface area contributed by atoms with Gasteiger partial charge in [0.25, 0.3) is 0 Å². The van der Waals surface area contributed by atoms with E-state index in [1.54, 1.807) is 0 Å². The molecule has 0 spiro atoms. The predicted octanol–water partition coefficient (Wildman–Crippen LogP) is 2.28. The van der Waals surface area contributed by atoms with Crippen molar-refractivity contribution in [3.8, 4) is 11.1 Å². The number of aromatic nitrogens is 1. The van der Waals surface area contributed by atoms with Gasteiger partial charge in [-0.25, -0.2) is 4.57 Å². The first-order valence-corrected chi connectivity index (χ1v) is 8.30. The van der Waals surface area contributed by atoms with Crippen LogP contribution in [-0.2, 0) is 12.8 Å². The lowest BCUT2D eigenvalue weighted by molar-refractivity contribution is -0.577. The molecule has 2 aromatic rings. The Morgan fingerprint density at radius 1 is 0.913 bits per heavy atom. The molecule has 23 heavy (non-hydrogen) atoms. The smallest absolute Gasteiger partial charge is 0.200 e. The zero-order valence-electron chi connectivity index (χ0n) is 13.8. The summed E-state index contributed by atoms with van der Waals surface area (Å²) in [6.07, 6.45) is 4.21. The zero-order valence-corrected chi connectivity index (χ0v) is 13.8. The molecule has 0 radical (unpaired) electrons. The van der Waals surface area contributed by atoms with E-state index in [9.17, 15) is 0 Å². The van der Waals surface area contributed by atoms with E-state index in [1.165, 1.54) is 22.5 Å². The molecule has 2 heterocycles. The van der Waals surface area contributed by atoms with Gasteiger partial charge >= 0.3 is 5.96 Å². The first kappa shape index (κ1) is 15.5. The Labute approximate surface area is 137 Å². The van der Waals surface area contributed by atoms with E-state index in [0.29, 0.717) is 0 Å². The van der Waals surface area contributed by atoms with Crippen molar-refractivity contribution < 1.29 is 4.57 Å². The van der Waals surface area contributed by atoms with Crippen molar-refractivity contribution in [3.05, 3.63) is 53.9 Å². The van der Waals surface area contributed by atoms with Gasteiger partial charge in [-0.3, -0.25) is 0 Å². The maximum atomic E-state index is 4.30. The lowest BCUT2D eigenvalue weighted by Gasteiger charge is -2.14. The molecule has 1 aromatic heterocycles. The first-order valence-electron chi connectivity index (χ1n) is 8.30. The Hall–Kier alpha value is -2.40. The number of pyridine rings is 1. The van der Waals surface area contributed by atoms with Crippen LogP contribution in [0.1, 0.15) is 38.1 Å². The van der Waals surface area contributed by atoms with Crippen molar-refractivity contribution in [1.29, 1.82) is 0 Å². The molecule has 0 fully saturated rings. The SMILES string of the molecule is CCCc1cc(-c2ccccc2)cc(CCC)[n+]1C1=NNNN1. The summed E-state index contributed by atoms with van der Waals surface area (Å²) in [5, 5.41) is 4.30. The van der Waals surface area contributed by atoms with Gasteiger partial charge in [0.2, 0.25) is 0 Å². The maximum Gasteiger partial charge on any atom is 0.436 e. The minimum Gasteiger partial charge on any atom is -0.200 e. The average molecular weight is 310 g/mol. The summed E-state index contributed by atoms with van der Waals surface area (Å²) in [4.78, 5) is 0. The summed E-state index contributed by atoms with van der Waals surface area (Å²) in [7, 11) is 0. The second-order valence-corrected chi connectivity index (χ2v) is 5.73. The molecule has 0 saturated carbocycles. The summed E-state index contributed by atoms with van der Waals surface area (Å²) in [5.74, 6) is 0.802. The van der Waals surface area contributed by atoms with Gasteiger partial charge < -0.3 is 0 Å². The maximum absolute atomic E-state index is 4.30. The van der Waals surface area contributed by atoms with Crippen LogP contribution in [0, 0.1) is 0 Å². The molecule has 0 aliphatic carbocycles. The molecule has 5 nitrogen and oxygen atoms in total. The molecule has 1 aliphatic heterocycles. The van der Waals surface area contributed by atoms with Gasteiger partial charge in [0.15, 0.2) is 0 Å². The molecular weight excluding hydrogens is 286 g/mol. The lowest BCUT2D eigenvalue weighted by atomic mass is 10.0. The first-order chi connectivity index (χ1) is 11.3. The fraction of sp³-hybridized carbons (Fsp3) is 0.333. The van der Waals surface area contributed by atoms with Gasteiger partial charge in [0, 0.05) is 17.9 Å². The largest absolute Gasteiger partial charge is 0.436 e. The Bertz CT molecular complexity index is 667. The summed E-state index contributed by atoms with van der Waals surface area (Å²) in [6, 6.07) is 15.1. The number of hydrazone groups is 1. The highest BCUT2D eigenvalue weighted by Crippen LogP contribution is 2.21. The minimum absolute atomic E-state index is 0.802. The van der Waals surface area contributed by atoms with Crippen LogP contribution < -0.4 is 21.1 Å². The second kappa shape index (κ2) is 7.24. The molecule has 1 aliphatic rings. The number of nitrogens with zero attached hydrogens (tertiary/aromatic N) is 2. The number of hydrazine groups is 2. The summed E-state index contributed by atoms with van der Waals surface area (Å²) >= 11 is 0. The van der Waals surface area contributed by atoms with Gasteiger partial charge in [-0.2, -0.15) is 5.43 Å². The summed E-state index contributed by atoms with van der Waals surface area (Å²) in [6.45, 7) is 4.42. The average Bonchev–Trinajstić information content (AvgIpc) is 3.10. The van der Waals surface area contributed by atoms with Crippen LogP contribution in [0.2, 0.25) is 0 Å². The molecule has 0 amide bonds. The van der Waals surface area contributed by atoms with Crippen LogP contribution in [0.3, 0.4) is 0 Å². The van der Waals surface area contributed by atoms with E-state index in [2.05, 4.69) is 82.5 Å². The number of rotatable bonds is 5. The van der Waals surface area contributed by atoms with Crippen LogP contribution >= 0.6 is 0 Å². The highest BCUT2D eigenvalue weighted by Gasteiger charge is 2.24. The van der Waals surface area contributed by atoms with E-state index in [1.807, 2.05) is 0 Å². The number of hydrogen-bond donors (Lipinski definition) is 3. The van der Waals surface area contributed by atoms with Crippen molar-refractivity contribution in [2.75, 3.05) is 0 Å². The van der Waals surface area contributed by atoms with Gasteiger partial charge in [0.05, 0.1) is 11.4 Å². The predicted molar refractivity (Wildman–Crippen MR) is 92.3 cm³/mol. The number of benzene rings is 1. The molecule has 120 valence electrons. The van der Waals surface area contributed by atoms with Crippen LogP contribution in [0.25, 0.3) is 11.1 Å². The fourth-order valence-corrected chi connectivity index (χ4v) is 2.96. The van der Waals surface area contributed by atoms with Crippen LogP contribution in [0.5, 0.6) is 0 Å². The zero-order chi connectivity index (χ0) is 16.1. The molecule has 1 aromatic carbocycles. The Morgan fingerprint density at radius 3 is 2.09 bits per heavy atom. The van der Waals surface area contributed by atoms with Crippen molar-refractivity contribution in [3.63, 3.8) is 0 Å². The van der Waals surface area contributed by atoms with Crippen molar-refractivity contribution >= 4 is 5.96 Å². The van der Waals surface area contributed by atoms with Gasteiger partial charge in [-0.15, -0.1) is 5.53 Å². The Morgan fingerprint density at radius 2 is 1.57 bits per heavy atom. The highest BCUT2D eigenvalue weighted by atomic mass is 15.8. The monoisotopic (exact) mass is 310 g/mol. The van der Waals surface area contributed by atoms with E-state index in [0.717, 1.165) is 31.6 Å². The van der Waals surface area contributed by atoms with Gasteiger partial charge in [-0.05, 0) is 36.1 Å². The lowest BCUT2D eigenvalue weighted by Crippen LogP contribution is -2.57. The third-order valence-corrected chi connectivity index (χ3v) is 3.94. The second-order valence-electron chi connectivity index (χ2n) is 5.73. The van der Waals surface area contributed by atoms with Crippen LogP contribution in [0.4, 0.5) is 0 Å². The van der Waals surface area contributed by atoms with Gasteiger partial charge in [0.1, 0.15) is 0 Å². The van der Waals surface area contributed by atoms with E-state index >= 15 is 0 Å². The molecule has 0 bridgehead atoms. The standard InChI is InChI=1S/C18H24N5/c1-3-8-16-12-15(14-10-6-5-7-11-14)13-17(9-4-2)23(16)18-19-21-22-20-18/h5-7,10-13,21-22H,3-4,8-9H2,1-2H3,(H,19,20)/q+1. The molecule has 3 rings (SSSR count). The van der Waals surface area contributed by atoms with E-state index in [4.69, 9.17) is 0 Å². The molecule has 0 saturated heterocycles. The normalized spacial score (nSPS) is 13.4. The number of hydrogen-bond acceptors (Lipinski definition) is 4. The summed E-state index contributed by atoms with van der Waals surface area (Å²) < 4.78 is 2.23. The van der Waals surface area contributed by atoms with Crippen molar-refractivity contribution in [2.45, 2.75) is 39.5 Å². The minimum atomic E-state index is 0.802. The number of aryl methyl sites for hydroxylation is 2. The summed E-state index contributed by atoms with van der Waals surface area (Å²) in [5.41, 5.74) is 13.7. The highest BCUT2D eigenvalue weighted by molar-refractivity contribution is 5.72. The number of nitrogens with one attached hydrogen (secondary N) is 3. The molecule has 5 heteroatoms.